The van der Waals surface area contributed by atoms with E-state index in [1.54, 1.807) is 11.8 Å². The van der Waals surface area contributed by atoms with E-state index < -0.39 is 45.0 Å². The summed E-state index contributed by atoms with van der Waals surface area (Å²) >= 11 is 1.72. The molecule has 13 nitrogen and oxygen atoms in total. The van der Waals surface area contributed by atoms with E-state index in [1.807, 2.05) is 0 Å². The number of anilines is 1. The van der Waals surface area contributed by atoms with Crippen LogP contribution in [0.5, 0.6) is 0 Å². The van der Waals surface area contributed by atoms with Crippen LogP contribution in [-0.2, 0) is 23.1 Å². The molecule has 0 aromatic carbocycles. The van der Waals surface area contributed by atoms with Crippen molar-refractivity contribution in [1.29, 1.82) is 0 Å². The van der Waals surface area contributed by atoms with Crippen LogP contribution in [0.25, 0.3) is 11.2 Å². The van der Waals surface area contributed by atoms with Crippen LogP contribution in [0.15, 0.2) is 6.33 Å². The van der Waals surface area contributed by atoms with Crippen LogP contribution >= 0.6 is 19.6 Å². The molecule has 0 spiro atoms. The number of ether oxygens (including phenoxy) is 2. The van der Waals surface area contributed by atoms with Gasteiger partial charge >= 0.3 is 13.9 Å². The van der Waals surface area contributed by atoms with Gasteiger partial charge in [0.05, 0.1) is 19.5 Å². The summed E-state index contributed by atoms with van der Waals surface area (Å²) in [6.45, 7) is 4.49. The normalized spacial score (nSPS) is 21.1. The van der Waals surface area contributed by atoms with Crippen molar-refractivity contribution in [2.75, 3.05) is 31.3 Å². The molecule has 2 aromatic rings. The monoisotopic (exact) mass is 763 g/mol. The number of aromatic nitrogens is 4. The third kappa shape index (κ3) is 16.2. The Bertz CT molecular complexity index is 1280. The summed E-state index contributed by atoms with van der Waals surface area (Å²) in [4.78, 5) is 21.5. The molecule has 3 heterocycles. The van der Waals surface area contributed by atoms with Crippen molar-refractivity contribution < 1.29 is 42.6 Å². The molecule has 5 N–H and O–H groups in total. The number of fused-ring (bicyclic) bond motifs is 1. The number of unbranched alkanes of at least 4 members (excludes halogenated alkanes) is 16. The van der Waals surface area contributed by atoms with Gasteiger partial charge in [-0.2, -0.15) is 14.4 Å². The van der Waals surface area contributed by atoms with Gasteiger partial charge in [-0.05, 0) is 18.6 Å². The summed E-state index contributed by atoms with van der Waals surface area (Å²) in [5.41, 5.74) is 5.60. The lowest BCUT2D eigenvalue weighted by molar-refractivity contribution is -0.0516. The third-order valence-electron chi connectivity index (χ3n) is 9.15. The Morgan fingerprint density at radius 2 is 1.47 bits per heavy atom. The fraction of sp³-hybridized carbons (Fsp3) is 0.857. The molecule has 3 rings (SSSR count). The van der Waals surface area contributed by atoms with Crippen molar-refractivity contribution in [3.63, 3.8) is 0 Å². The molecule has 2 aromatic heterocycles. The van der Waals surface area contributed by atoms with Gasteiger partial charge in [0.15, 0.2) is 23.2 Å². The maximum atomic E-state index is 13.8. The number of aliphatic hydroxyl groups is 2. The molecule has 0 saturated carbocycles. The fourth-order valence-corrected chi connectivity index (χ4v) is 7.97. The predicted octanol–water partition coefficient (Wildman–Crippen LogP) is 7.83. The van der Waals surface area contributed by atoms with Gasteiger partial charge in [0.2, 0.25) is 0 Å². The predicted molar refractivity (Wildman–Crippen MR) is 199 cm³/mol. The summed E-state index contributed by atoms with van der Waals surface area (Å²) in [6.07, 6.45) is 17.5. The SMILES string of the molecule is CCCCCCCCCCCCSC(CCOP(=O)(O)OC[C@H]1O[C@@H](n2cnc3c(N)nc(F)nc32)[C@@H](O)[C@@H]1O)OCCCCCCCCCC. The molecule has 1 saturated heterocycles. The quantitative estimate of drug-likeness (QED) is 0.0262. The number of aliphatic hydroxyl groups excluding tert-OH is 2. The van der Waals surface area contributed by atoms with Crippen LogP contribution in [0.1, 0.15) is 142 Å². The first-order chi connectivity index (χ1) is 24.7. The Morgan fingerprint density at radius 3 is 2.10 bits per heavy atom. The molecule has 2 unspecified atom stereocenters. The summed E-state index contributed by atoms with van der Waals surface area (Å²) in [5, 5.41) is 21.2. The first-order valence-electron chi connectivity index (χ1n) is 19.2. The zero-order chi connectivity index (χ0) is 36.9. The average molecular weight is 764 g/mol. The van der Waals surface area contributed by atoms with Gasteiger partial charge < -0.3 is 30.3 Å². The molecular formula is C35H63FN5O8PS. The summed E-state index contributed by atoms with van der Waals surface area (Å²) in [6, 6.07) is 0. The zero-order valence-corrected chi connectivity index (χ0v) is 32.4. The summed E-state index contributed by atoms with van der Waals surface area (Å²) in [7, 11) is -4.53. The number of rotatable bonds is 30. The highest BCUT2D eigenvalue weighted by Gasteiger charge is 2.45. The lowest BCUT2D eigenvalue weighted by atomic mass is 10.1. The number of nitrogens with two attached hydrogens (primary N) is 1. The van der Waals surface area contributed by atoms with Gasteiger partial charge in [-0.1, -0.05) is 117 Å². The molecule has 51 heavy (non-hydrogen) atoms. The smallest absolute Gasteiger partial charge is 0.387 e. The second-order valence-corrected chi connectivity index (χ2v) is 16.2. The van der Waals surface area contributed by atoms with Crippen LogP contribution in [0.2, 0.25) is 0 Å². The van der Waals surface area contributed by atoms with E-state index >= 15 is 0 Å². The zero-order valence-electron chi connectivity index (χ0n) is 30.7. The first-order valence-corrected chi connectivity index (χ1v) is 21.7. The van der Waals surface area contributed by atoms with Crippen LogP contribution in [0.3, 0.4) is 0 Å². The number of phosphoric acid groups is 1. The molecule has 294 valence electrons. The molecule has 16 heteroatoms. The highest BCUT2D eigenvalue weighted by atomic mass is 32.2. The topological polar surface area (TPSA) is 184 Å². The van der Waals surface area contributed by atoms with E-state index in [2.05, 4.69) is 28.8 Å². The van der Waals surface area contributed by atoms with Gasteiger partial charge in [0.25, 0.3) is 0 Å². The van der Waals surface area contributed by atoms with Crippen LogP contribution in [0.4, 0.5) is 10.2 Å². The van der Waals surface area contributed by atoms with E-state index in [9.17, 15) is 24.1 Å². The first kappa shape index (κ1) is 44.0. The van der Waals surface area contributed by atoms with E-state index in [-0.39, 0.29) is 29.0 Å². The third-order valence-corrected chi connectivity index (χ3v) is 11.4. The molecule has 0 aliphatic carbocycles. The van der Waals surface area contributed by atoms with Crippen LogP contribution < -0.4 is 5.73 Å². The summed E-state index contributed by atoms with van der Waals surface area (Å²) in [5.74, 6) is 0.754. The Hall–Kier alpha value is -1.42. The Balaban J connectivity index is 1.40. The van der Waals surface area contributed by atoms with Crippen LogP contribution in [0, 0.1) is 6.08 Å². The average Bonchev–Trinajstić information content (AvgIpc) is 3.64. The number of hydrogen-bond donors (Lipinski definition) is 4. The van der Waals surface area contributed by atoms with Crippen molar-refractivity contribution in [1.82, 2.24) is 19.5 Å². The number of halogens is 1. The molecule has 0 bridgehead atoms. The fourth-order valence-electron chi connectivity index (χ4n) is 6.13. The molecule has 1 fully saturated rings. The van der Waals surface area contributed by atoms with E-state index in [0.717, 1.165) is 25.0 Å². The highest BCUT2D eigenvalue weighted by molar-refractivity contribution is 7.99. The Kier molecular flexibility index (Phi) is 21.4. The van der Waals surface area contributed by atoms with E-state index in [4.69, 9.17) is 24.3 Å². The minimum Gasteiger partial charge on any atom is -0.387 e. The molecule has 1 aliphatic rings. The molecule has 1 aliphatic heterocycles. The lowest BCUT2D eigenvalue weighted by Crippen LogP contribution is -2.33. The van der Waals surface area contributed by atoms with Crippen molar-refractivity contribution in [3.05, 3.63) is 12.4 Å². The molecule has 6 atom stereocenters. The molecule has 0 radical (unpaired) electrons. The van der Waals surface area contributed by atoms with Crippen molar-refractivity contribution in [2.24, 2.45) is 0 Å². The second kappa shape index (κ2) is 24.8. The van der Waals surface area contributed by atoms with Crippen LogP contribution in [-0.4, -0.2) is 83.9 Å². The minimum atomic E-state index is -4.53. The highest BCUT2D eigenvalue weighted by Crippen LogP contribution is 2.45. The maximum Gasteiger partial charge on any atom is 0.472 e. The number of phosphoric ester groups is 1. The van der Waals surface area contributed by atoms with Crippen molar-refractivity contribution in [3.8, 4) is 0 Å². The number of imidazole rings is 1. The van der Waals surface area contributed by atoms with E-state index in [0.29, 0.717) is 13.0 Å². The van der Waals surface area contributed by atoms with Gasteiger partial charge in [0, 0.05) is 13.0 Å². The number of hydrogen-bond acceptors (Lipinski definition) is 12. The van der Waals surface area contributed by atoms with E-state index in [1.165, 1.54) is 107 Å². The number of thioether (sulfide) groups is 1. The van der Waals surface area contributed by atoms with Gasteiger partial charge in [0.1, 0.15) is 23.7 Å². The van der Waals surface area contributed by atoms with Gasteiger partial charge in [-0.25, -0.2) is 9.55 Å². The standard InChI is InChI=1S/C35H63FN5O8PS/c1-3-5-7-9-11-13-14-16-18-20-24-51-28(46-22-19-17-15-12-10-8-6-4-2)21-23-47-50(44,45)48-25-27-30(42)31(43)34(49-27)41-26-38-29-32(37)39-35(36)40-33(29)41/h26-28,30-31,34,42-43H,3-25H2,1-2H3,(H,44,45)(H2,37,39,40)/t27-,28?,30-,31+,34-/m1/s1. The van der Waals surface area contributed by atoms with Gasteiger partial charge in [-0.15, -0.1) is 11.8 Å². The number of nitrogen functional groups attached to an aromatic ring is 1. The van der Waals surface area contributed by atoms with Crippen molar-refractivity contribution in [2.45, 2.75) is 166 Å². The second-order valence-electron chi connectivity index (χ2n) is 13.5. The molecular weight excluding hydrogens is 700 g/mol. The van der Waals surface area contributed by atoms with Crippen molar-refractivity contribution >= 4 is 36.6 Å². The maximum absolute atomic E-state index is 13.8. The number of nitrogens with zero attached hydrogens (tertiary/aromatic N) is 4. The summed E-state index contributed by atoms with van der Waals surface area (Å²) < 4.78 is 50.1. The minimum absolute atomic E-state index is 0.0424. The largest absolute Gasteiger partial charge is 0.472 e. The Labute approximate surface area is 307 Å². The van der Waals surface area contributed by atoms with Gasteiger partial charge in [-0.3, -0.25) is 13.6 Å². The Morgan fingerprint density at radius 1 is 0.882 bits per heavy atom. The molecule has 0 amide bonds. The lowest BCUT2D eigenvalue weighted by Gasteiger charge is -2.20.